The van der Waals surface area contributed by atoms with Crippen LogP contribution >= 0.6 is 0 Å². The summed E-state index contributed by atoms with van der Waals surface area (Å²) in [7, 11) is 6.27. The number of ether oxygens (including phenoxy) is 1. The third kappa shape index (κ3) is 4.63. The maximum absolute atomic E-state index is 12.0. The van der Waals surface area contributed by atoms with Crippen molar-refractivity contribution in [2.75, 3.05) is 34.2 Å². The van der Waals surface area contributed by atoms with Crippen molar-refractivity contribution >= 4 is 11.8 Å². The summed E-state index contributed by atoms with van der Waals surface area (Å²) in [6.07, 6.45) is 3.14. The number of nitrogens with zero attached hydrogens (tertiary/aromatic N) is 2. The molecular formula is C15H23IN2O2. The highest BCUT2D eigenvalue weighted by Crippen LogP contribution is 2.23. The molecule has 0 N–H and O–H groups in total. The Balaban J connectivity index is 0.00000200. The standard InChI is InChI=1S/C15H23N2O2.HI/c1-17(2,3)13-8-7-9-14(12-13)19-15(18)16-10-5-4-6-11-16;/h7-9,12H,4-6,10-11H2,1-3H3;1H/q+1;/p-1. The first-order valence-corrected chi connectivity index (χ1v) is 6.86. The highest BCUT2D eigenvalue weighted by Gasteiger charge is 2.19. The molecule has 0 saturated carbocycles. The SMILES string of the molecule is C[N+](C)(C)c1cccc(OC(=O)N2CCCCC2)c1.[I-]. The molecule has 0 unspecified atom stereocenters. The van der Waals surface area contributed by atoms with Crippen LogP contribution in [0.1, 0.15) is 19.3 Å². The Morgan fingerprint density at radius 3 is 2.40 bits per heavy atom. The van der Waals surface area contributed by atoms with E-state index in [4.69, 9.17) is 4.74 Å². The second-order valence-corrected chi connectivity index (χ2v) is 5.93. The van der Waals surface area contributed by atoms with Gasteiger partial charge >= 0.3 is 6.09 Å². The first kappa shape index (κ1) is 17.2. The number of likely N-dealkylation sites (tertiary alicyclic amines) is 1. The van der Waals surface area contributed by atoms with Crippen molar-refractivity contribution in [2.24, 2.45) is 0 Å². The largest absolute Gasteiger partial charge is 1.00 e. The molecule has 1 fully saturated rings. The van der Waals surface area contributed by atoms with Gasteiger partial charge in [0, 0.05) is 19.2 Å². The van der Waals surface area contributed by atoms with Crippen molar-refractivity contribution in [1.29, 1.82) is 0 Å². The fourth-order valence-corrected chi connectivity index (χ4v) is 2.21. The number of quaternary nitrogens is 1. The second-order valence-electron chi connectivity index (χ2n) is 5.93. The van der Waals surface area contributed by atoms with E-state index in [2.05, 4.69) is 21.1 Å². The third-order valence-corrected chi connectivity index (χ3v) is 3.41. The smallest absolute Gasteiger partial charge is 0.415 e. The van der Waals surface area contributed by atoms with Gasteiger partial charge in [0.25, 0.3) is 0 Å². The van der Waals surface area contributed by atoms with Crippen molar-refractivity contribution in [3.63, 3.8) is 0 Å². The molecule has 0 atom stereocenters. The van der Waals surface area contributed by atoms with Gasteiger partial charge in [0.05, 0.1) is 21.1 Å². The molecule has 2 rings (SSSR count). The summed E-state index contributed by atoms with van der Waals surface area (Å²) in [5.41, 5.74) is 1.11. The number of hydrogen-bond acceptors (Lipinski definition) is 2. The molecule has 0 spiro atoms. The van der Waals surface area contributed by atoms with Gasteiger partial charge in [-0.15, -0.1) is 0 Å². The van der Waals surface area contributed by atoms with E-state index in [0.29, 0.717) is 10.2 Å². The summed E-state index contributed by atoms with van der Waals surface area (Å²) in [6.45, 7) is 1.63. The van der Waals surface area contributed by atoms with E-state index in [9.17, 15) is 4.79 Å². The van der Waals surface area contributed by atoms with E-state index < -0.39 is 0 Å². The summed E-state index contributed by atoms with van der Waals surface area (Å²) in [5.74, 6) is 0.626. The monoisotopic (exact) mass is 390 g/mol. The molecule has 1 aromatic rings. The molecule has 1 heterocycles. The molecule has 0 bridgehead atoms. The van der Waals surface area contributed by atoms with E-state index in [1.54, 1.807) is 4.90 Å². The molecule has 20 heavy (non-hydrogen) atoms. The Hall–Kier alpha value is -0.820. The van der Waals surface area contributed by atoms with Crippen LogP contribution in [0, 0.1) is 0 Å². The number of halogens is 1. The van der Waals surface area contributed by atoms with Crippen LogP contribution in [0.3, 0.4) is 0 Å². The maximum Gasteiger partial charge on any atom is 0.415 e. The maximum atomic E-state index is 12.0. The van der Waals surface area contributed by atoms with Crippen molar-refractivity contribution in [3.8, 4) is 5.75 Å². The Labute approximate surface area is 138 Å². The van der Waals surface area contributed by atoms with E-state index in [-0.39, 0.29) is 30.1 Å². The fourth-order valence-electron chi connectivity index (χ4n) is 2.21. The molecular weight excluding hydrogens is 367 g/mol. The Morgan fingerprint density at radius 1 is 1.15 bits per heavy atom. The molecule has 1 aliphatic heterocycles. The average molecular weight is 390 g/mol. The summed E-state index contributed by atoms with van der Waals surface area (Å²) in [5, 5.41) is 0. The fraction of sp³-hybridized carbons (Fsp3) is 0.533. The minimum Gasteiger partial charge on any atom is -1.00 e. The van der Waals surface area contributed by atoms with Gasteiger partial charge in [-0.3, -0.25) is 4.48 Å². The van der Waals surface area contributed by atoms with Gasteiger partial charge in [-0.05, 0) is 31.4 Å². The normalized spacial score (nSPS) is 15.4. The zero-order valence-electron chi connectivity index (χ0n) is 12.4. The van der Waals surface area contributed by atoms with Gasteiger partial charge in [0.2, 0.25) is 0 Å². The van der Waals surface area contributed by atoms with Crippen LogP contribution in [0.4, 0.5) is 10.5 Å². The molecule has 5 heteroatoms. The molecule has 1 aliphatic rings. The van der Waals surface area contributed by atoms with Gasteiger partial charge in [0.1, 0.15) is 11.4 Å². The van der Waals surface area contributed by atoms with E-state index in [1.807, 2.05) is 24.3 Å². The van der Waals surface area contributed by atoms with Crippen LogP contribution in [0.5, 0.6) is 5.75 Å². The third-order valence-electron chi connectivity index (χ3n) is 3.41. The number of carbonyl (C=O) groups excluding carboxylic acids is 1. The van der Waals surface area contributed by atoms with E-state index >= 15 is 0 Å². The Bertz CT molecular complexity index is 451. The molecule has 4 nitrogen and oxygen atoms in total. The van der Waals surface area contributed by atoms with E-state index in [0.717, 1.165) is 31.6 Å². The van der Waals surface area contributed by atoms with Crippen molar-refractivity contribution in [1.82, 2.24) is 9.38 Å². The number of piperidine rings is 1. The summed E-state index contributed by atoms with van der Waals surface area (Å²) < 4.78 is 6.17. The topological polar surface area (TPSA) is 29.5 Å². The number of carbonyl (C=O) groups is 1. The predicted molar refractivity (Wildman–Crippen MR) is 77.5 cm³/mol. The number of hydrogen-bond donors (Lipinski definition) is 0. The van der Waals surface area contributed by atoms with Gasteiger partial charge < -0.3 is 33.6 Å². The molecule has 1 amide bonds. The minimum atomic E-state index is -0.224. The molecule has 0 aromatic heterocycles. The number of amides is 1. The summed E-state index contributed by atoms with van der Waals surface area (Å²) in [4.78, 5) is 13.8. The number of benzene rings is 1. The quantitative estimate of drug-likeness (QED) is 0.521. The first-order valence-electron chi connectivity index (χ1n) is 6.86. The molecule has 1 saturated heterocycles. The lowest BCUT2D eigenvalue weighted by molar-refractivity contribution is -0.0000101. The summed E-state index contributed by atoms with van der Waals surface area (Å²) >= 11 is 0. The number of rotatable bonds is 2. The molecule has 112 valence electrons. The highest BCUT2D eigenvalue weighted by atomic mass is 127. The van der Waals surface area contributed by atoms with Crippen LogP contribution in [0.25, 0.3) is 0 Å². The van der Waals surface area contributed by atoms with E-state index in [1.165, 1.54) is 6.42 Å². The molecule has 1 aromatic carbocycles. The zero-order valence-corrected chi connectivity index (χ0v) is 14.6. The van der Waals surface area contributed by atoms with Crippen molar-refractivity contribution < 1.29 is 33.5 Å². The van der Waals surface area contributed by atoms with Crippen LogP contribution in [0.15, 0.2) is 24.3 Å². The van der Waals surface area contributed by atoms with Crippen molar-refractivity contribution in [2.45, 2.75) is 19.3 Å². The summed E-state index contributed by atoms with van der Waals surface area (Å²) in [6, 6.07) is 7.73. The Morgan fingerprint density at radius 2 is 1.80 bits per heavy atom. The van der Waals surface area contributed by atoms with Gasteiger partial charge in [0.15, 0.2) is 0 Å². The molecule has 0 aliphatic carbocycles. The lowest BCUT2D eigenvalue weighted by atomic mass is 10.1. The van der Waals surface area contributed by atoms with Gasteiger partial charge in [-0.1, -0.05) is 6.07 Å². The second kappa shape index (κ2) is 7.26. The zero-order chi connectivity index (χ0) is 13.9. The van der Waals surface area contributed by atoms with Gasteiger partial charge in [-0.25, -0.2) is 4.79 Å². The van der Waals surface area contributed by atoms with Crippen LogP contribution in [0.2, 0.25) is 0 Å². The Kier molecular flexibility index (Phi) is 6.26. The predicted octanol–water partition coefficient (Wildman–Crippen LogP) is -0.128. The lowest BCUT2D eigenvalue weighted by Crippen LogP contribution is -3.00. The van der Waals surface area contributed by atoms with Gasteiger partial charge in [-0.2, -0.15) is 0 Å². The minimum absolute atomic E-state index is 0. The lowest BCUT2D eigenvalue weighted by Gasteiger charge is -2.26. The average Bonchev–Trinajstić information content (AvgIpc) is 2.39. The van der Waals surface area contributed by atoms with Crippen LogP contribution in [-0.4, -0.2) is 45.2 Å². The highest BCUT2D eigenvalue weighted by molar-refractivity contribution is 5.71. The van der Waals surface area contributed by atoms with Crippen molar-refractivity contribution in [3.05, 3.63) is 24.3 Å². The first-order chi connectivity index (χ1) is 8.97. The van der Waals surface area contributed by atoms with Crippen LogP contribution in [-0.2, 0) is 0 Å². The molecule has 0 radical (unpaired) electrons. The van der Waals surface area contributed by atoms with Crippen LogP contribution < -0.4 is 33.2 Å².